The molecule has 3 rings (SSSR count). The second-order valence-electron chi connectivity index (χ2n) is 6.00. The van der Waals surface area contributed by atoms with E-state index >= 15 is 0 Å². The van der Waals surface area contributed by atoms with Gasteiger partial charge in [0.05, 0.1) is 11.5 Å². The number of hydrogen-bond donors (Lipinski definition) is 1. The van der Waals surface area contributed by atoms with Crippen LogP contribution in [0.2, 0.25) is 0 Å². The minimum absolute atomic E-state index is 0.179. The molecule has 1 aliphatic rings. The number of carbonyl (C=O) groups is 1. The summed E-state index contributed by atoms with van der Waals surface area (Å²) in [6.07, 6.45) is 1.78. The van der Waals surface area contributed by atoms with Crippen molar-refractivity contribution in [3.8, 4) is 17.2 Å². The summed E-state index contributed by atoms with van der Waals surface area (Å²) in [6, 6.07) is 13.4. The first-order chi connectivity index (χ1) is 13.5. The predicted octanol–water partition coefficient (Wildman–Crippen LogP) is 4.34. The van der Waals surface area contributed by atoms with E-state index in [4.69, 9.17) is 26.4 Å². The normalized spacial score (nSPS) is 14.9. The van der Waals surface area contributed by atoms with Crippen LogP contribution in [0.4, 0.5) is 0 Å². The van der Waals surface area contributed by atoms with Crippen LogP contribution in [0, 0.1) is 6.92 Å². The minimum atomic E-state index is -0.179. The molecule has 2 aromatic carbocycles. The molecule has 2 aromatic rings. The van der Waals surface area contributed by atoms with E-state index < -0.39 is 0 Å². The quantitative estimate of drug-likeness (QED) is 0.393. The zero-order valence-corrected chi connectivity index (χ0v) is 17.3. The molecule has 0 atom stereocenters. The Bertz CT molecular complexity index is 911. The maximum atomic E-state index is 11.8. The lowest BCUT2D eigenvalue weighted by atomic mass is 10.2. The first kappa shape index (κ1) is 20.2. The summed E-state index contributed by atoms with van der Waals surface area (Å²) < 4.78 is 17.7. The summed E-state index contributed by atoms with van der Waals surface area (Å²) in [7, 11) is 0. The average Bonchev–Trinajstić information content (AvgIpc) is 2.97. The van der Waals surface area contributed by atoms with Crippen LogP contribution in [-0.4, -0.2) is 30.0 Å². The van der Waals surface area contributed by atoms with Crippen LogP contribution in [0.1, 0.15) is 18.1 Å². The van der Waals surface area contributed by atoms with Gasteiger partial charge in [0.2, 0.25) is 0 Å². The van der Waals surface area contributed by atoms with Crippen LogP contribution in [0.5, 0.6) is 17.2 Å². The molecular formula is C21H21NO4S2. The Balaban J connectivity index is 1.63. The highest BCUT2D eigenvalue weighted by molar-refractivity contribution is 8.26. The molecule has 0 bridgehead atoms. The molecule has 0 radical (unpaired) electrons. The summed E-state index contributed by atoms with van der Waals surface area (Å²) >= 11 is 6.26. The maximum absolute atomic E-state index is 11.8. The zero-order chi connectivity index (χ0) is 19.9. The highest BCUT2D eigenvalue weighted by atomic mass is 32.2. The van der Waals surface area contributed by atoms with Gasteiger partial charge in [0.1, 0.15) is 23.3 Å². The molecule has 0 unspecified atom stereocenters. The largest absolute Gasteiger partial charge is 0.490 e. The fourth-order valence-corrected chi connectivity index (χ4v) is 3.63. The Morgan fingerprint density at radius 2 is 1.89 bits per heavy atom. The van der Waals surface area contributed by atoms with E-state index in [1.807, 2.05) is 56.3 Å². The molecule has 7 heteroatoms. The minimum Gasteiger partial charge on any atom is -0.490 e. The number of aryl methyl sites for hydroxylation is 1. The van der Waals surface area contributed by atoms with E-state index in [0.29, 0.717) is 40.5 Å². The van der Waals surface area contributed by atoms with Gasteiger partial charge in [-0.1, -0.05) is 42.2 Å². The van der Waals surface area contributed by atoms with Gasteiger partial charge in [-0.25, -0.2) is 0 Å². The number of carbonyl (C=O) groups excluding carboxylic acids is 1. The second kappa shape index (κ2) is 9.61. The van der Waals surface area contributed by atoms with Crippen LogP contribution in [0.25, 0.3) is 6.08 Å². The Labute approximate surface area is 174 Å². The van der Waals surface area contributed by atoms with Crippen LogP contribution < -0.4 is 19.5 Å². The molecule has 146 valence electrons. The van der Waals surface area contributed by atoms with Gasteiger partial charge in [-0.3, -0.25) is 4.79 Å². The van der Waals surface area contributed by atoms with Crippen molar-refractivity contribution in [3.05, 3.63) is 58.5 Å². The maximum Gasteiger partial charge on any atom is 0.263 e. The number of amides is 1. The van der Waals surface area contributed by atoms with Crippen molar-refractivity contribution in [2.75, 3.05) is 19.8 Å². The number of rotatable bonds is 8. The molecule has 28 heavy (non-hydrogen) atoms. The molecule has 0 spiro atoms. The first-order valence-corrected chi connectivity index (χ1v) is 10.1. The highest BCUT2D eigenvalue weighted by Crippen LogP contribution is 2.32. The van der Waals surface area contributed by atoms with E-state index in [0.717, 1.165) is 16.9 Å². The Hall–Kier alpha value is -2.51. The van der Waals surface area contributed by atoms with Crippen molar-refractivity contribution in [3.63, 3.8) is 0 Å². The molecule has 0 aromatic heterocycles. The number of benzene rings is 2. The summed E-state index contributed by atoms with van der Waals surface area (Å²) in [5.74, 6) is 1.90. The summed E-state index contributed by atoms with van der Waals surface area (Å²) in [5, 5.41) is 2.61. The Morgan fingerprint density at radius 3 is 2.61 bits per heavy atom. The Kier molecular flexibility index (Phi) is 6.95. The molecule has 0 saturated carbocycles. The van der Waals surface area contributed by atoms with Gasteiger partial charge in [0.15, 0.2) is 11.5 Å². The van der Waals surface area contributed by atoms with Gasteiger partial charge < -0.3 is 19.5 Å². The van der Waals surface area contributed by atoms with Crippen molar-refractivity contribution in [1.82, 2.24) is 5.32 Å². The van der Waals surface area contributed by atoms with Gasteiger partial charge in [-0.05, 0) is 55.3 Å². The van der Waals surface area contributed by atoms with Crippen LogP contribution in [0.15, 0.2) is 47.4 Å². The molecule has 1 fully saturated rings. The van der Waals surface area contributed by atoms with Gasteiger partial charge >= 0.3 is 0 Å². The Morgan fingerprint density at radius 1 is 1.07 bits per heavy atom. The third-order valence-electron chi connectivity index (χ3n) is 3.81. The van der Waals surface area contributed by atoms with E-state index in [1.54, 1.807) is 6.08 Å². The summed E-state index contributed by atoms with van der Waals surface area (Å²) in [6.45, 7) is 5.26. The SMILES string of the molecule is CCOc1cc(/C=C2\SC(=S)NC2=O)ccc1OCCOc1cccc(C)c1. The zero-order valence-electron chi connectivity index (χ0n) is 15.7. The number of hydrogen-bond acceptors (Lipinski definition) is 6. The fraction of sp³-hybridized carbons (Fsp3) is 0.238. The predicted molar refractivity (Wildman–Crippen MR) is 116 cm³/mol. The lowest BCUT2D eigenvalue weighted by Gasteiger charge is -2.13. The fourth-order valence-electron chi connectivity index (χ4n) is 2.59. The lowest BCUT2D eigenvalue weighted by molar-refractivity contribution is -0.115. The highest BCUT2D eigenvalue weighted by Gasteiger charge is 2.22. The van der Waals surface area contributed by atoms with Crippen molar-refractivity contribution >= 4 is 40.3 Å². The van der Waals surface area contributed by atoms with Gasteiger partial charge in [-0.2, -0.15) is 0 Å². The number of nitrogens with one attached hydrogen (secondary N) is 1. The molecule has 1 saturated heterocycles. The average molecular weight is 416 g/mol. The molecule has 5 nitrogen and oxygen atoms in total. The van der Waals surface area contributed by atoms with Crippen molar-refractivity contribution in [2.24, 2.45) is 0 Å². The summed E-state index contributed by atoms with van der Waals surface area (Å²) in [5.41, 5.74) is 1.99. The second-order valence-corrected chi connectivity index (χ2v) is 7.72. The third kappa shape index (κ3) is 5.50. The molecule has 1 N–H and O–H groups in total. The van der Waals surface area contributed by atoms with Crippen LogP contribution in [0.3, 0.4) is 0 Å². The van der Waals surface area contributed by atoms with Crippen molar-refractivity contribution in [2.45, 2.75) is 13.8 Å². The van der Waals surface area contributed by atoms with Gasteiger partial charge in [0, 0.05) is 0 Å². The molecular weight excluding hydrogens is 394 g/mol. The molecule has 1 amide bonds. The van der Waals surface area contributed by atoms with Crippen LogP contribution in [-0.2, 0) is 4.79 Å². The van der Waals surface area contributed by atoms with Crippen molar-refractivity contribution in [1.29, 1.82) is 0 Å². The topological polar surface area (TPSA) is 56.8 Å². The van der Waals surface area contributed by atoms with Gasteiger partial charge in [-0.15, -0.1) is 0 Å². The monoisotopic (exact) mass is 415 g/mol. The molecule has 1 aliphatic heterocycles. The third-order valence-corrected chi connectivity index (χ3v) is 4.97. The van der Waals surface area contributed by atoms with Gasteiger partial charge in [0.25, 0.3) is 5.91 Å². The number of ether oxygens (including phenoxy) is 3. The van der Waals surface area contributed by atoms with Crippen LogP contribution >= 0.6 is 24.0 Å². The summed E-state index contributed by atoms with van der Waals surface area (Å²) in [4.78, 5) is 12.4. The standard InChI is InChI=1S/C21H21NO4S2/c1-3-24-18-12-15(13-19-20(23)22-21(27)28-19)7-8-17(18)26-10-9-25-16-6-4-5-14(2)11-16/h4-8,11-13H,3,9-10H2,1-2H3,(H,22,23,27)/b19-13-. The number of thiocarbonyl (C=S) groups is 1. The van der Waals surface area contributed by atoms with E-state index in [2.05, 4.69) is 5.32 Å². The smallest absolute Gasteiger partial charge is 0.263 e. The van der Waals surface area contributed by atoms with Crippen molar-refractivity contribution < 1.29 is 19.0 Å². The molecule has 1 heterocycles. The first-order valence-electron chi connectivity index (χ1n) is 8.89. The lowest BCUT2D eigenvalue weighted by Crippen LogP contribution is -2.17. The molecule has 0 aliphatic carbocycles. The van der Waals surface area contributed by atoms with E-state index in [1.165, 1.54) is 11.8 Å². The van der Waals surface area contributed by atoms with E-state index in [9.17, 15) is 4.79 Å². The van der Waals surface area contributed by atoms with E-state index in [-0.39, 0.29) is 5.91 Å². The number of thioether (sulfide) groups is 1.